The number of nitrogens with zero attached hydrogens (tertiary/aromatic N) is 5. The van der Waals surface area contributed by atoms with Crippen molar-refractivity contribution in [3.63, 3.8) is 0 Å². The Balaban J connectivity index is 1.30. The molecule has 1 saturated heterocycles. The Hall–Kier alpha value is -3.95. The monoisotopic (exact) mass is 441 g/mol. The quantitative estimate of drug-likeness (QED) is 0.385. The van der Waals surface area contributed by atoms with E-state index >= 15 is 0 Å². The second-order valence-electron chi connectivity index (χ2n) is 8.08. The third-order valence-corrected chi connectivity index (χ3v) is 5.96. The lowest BCUT2D eigenvalue weighted by Crippen LogP contribution is -2.44. The van der Waals surface area contributed by atoms with E-state index in [-0.39, 0.29) is 12.7 Å². The summed E-state index contributed by atoms with van der Waals surface area (Å²) in [6.07, 6.45) is 9.18. The number of anilines is 3. The first-order chi connectivity index (χ1) is 16.3. The third kappa shape index (κ3) is 3.77. The van der Waals surface area contributed by atoms with Crippen LogP contribution in [0.25, 0.3) is 27.8 Å². The van der Waals surface area contributed by atoms with E-state index in [1.54, 1.807) is 12.5 Å². The minimum absolute atomic E-state index is 0.0214. The standard InChI is InChI=1S/C24H23N7O2/c32-14-19-13-30(7-8-33-19)18-2-4-23(26-11-18)29-22-10-17(12-31-6-5-25-24(22)31)16-1-3-20-21(9-16)28-15-27-20/h1-6,9-12,15,19,32H,7-8,13-14H2,(H,26,29)(H,27,28)/t19-/m0/s1. The van der Waals surface area contributed by atoms with Gasteiger partial charge in [0.15, 0.2) is 5.65 Å². The van der Waals surface area contributed by atoms with Gasteiger partial charge in [0.1, 0.15) is 5.82 Å². The summed E-state index contributed by atoms with van der Waals surface area (Å²) in [4.78, 5) is 18.8. The third-order valence-electron chi connectivity index (χ3n) is 5.96. The maximum absolute atomic E-state index is 9.39. The molecule has 0 unspecified atom stereocenters. The summed E-state index contributed by atoms with van der Waals surface area (Å²) >= 11 is 0. The van der Waals surface area contributed by atoms with Crippen LogP contribution in [0.3, 0.4) is 0 Å². The molecule has 1 aliphatic heterocycles. The van der Waals surface area contributed by atoms with Crippen LogP contribution >= 0.6 is 0 Å². The van der Waals surface area contributed by atoms with Crippen molar-refractivity contribution >= 4 is 33.9 Å². The van der Waals surface area contributed by atoms with Gasteiger partial charge in [0.05, 0.1) is 54.3 Å². The number of rotatable bonds is 5. The molecule has 0 bridgehead atoms. The van der Waals surface area contributed by atoms with Crippen LogP contribution in [0.1, 0.15) is 0 Å². The molecular formula is C24H23N7O2. The summed E-state index contributed by atoms with van der Waals surface area (Å²) in [5, 5.41) is 12.8. The van der Waals surface area contributed by atoms with Crippen molar-refractivity contribution in [2.75, 3.05) is 36.5 Å². The largest absolute Gasteiger partial charge is 0.394 e. The molecule has 5 aromatic rings. The van der Waals surface area contributed by atoms with E-state index in [2.05, 4.69) is 54.5 Å². The Morgan fingerprint density at radius 2 is 2.09 bits per heavy atom. The number of aliphatic hydroxyl groups excluding tert-OH is 1. The minimum atomic E-state index is -0.158. The molecule has 5 heterocycles. The lowest BCUT2D eigenvalue weighted by Gasteiger charge is -2.33. The van der Waals surface area contributed by atoms with Crippen molar-refractivity contribution in [3.8, 4) is 11.1 Å². The number of ether oxygens (including phenoxy) is 1. The van der Waals surface area contributed by atoms with Crippen LogP contribution in [0.5, 0.6) is 0 Å². The highest BCUT2D eigenvalue weighted by Gasteiger charge is 2.20. The number of aromatic nitrogens is 5. The van der Waals surface area contributed by atoms with Crippen LogP contribution in [0, 0.1) is 0 Å². The van der Waals surface area contributed by atoms with Crippen LogP contribution in [0.4, 0.5) is 17.2 Å². The smallest absolute Gasteiger partial charge is 0.160 e. The average molecular weight is 441 g/mol. The molecule has 1 atom stereocenters. The Bertz CT molecular complexity index is 1410. The highest BCUT2D eigenvalue weighted by Crippen LogP contribution is 2.29. The zero-order chi connectivity index (χ0) is 22.2. The first-order valence-corrected chi connectivity index (χ1v) is 10.9. The van der Waals surface area contributed by atoms with Gasteiger partial charge in [-0.05, 0) is 35.9 Å². The minimum Gasteiger partial charge on any atom is -0.394 e. The van der Waals surface area contributed by atoms with Gasteiger partial charge in [-0.1, -0.05) is 6.07 Å². The number of pyridine rings is 2. The normalized spacial score (nSPS) is 16.5. The second-order valence-corrected chi connectivity index (χ2v) is 8.08. The van der Waals surface area contributed by atoms with E-state index in [9.17, 15) is 5.11 Å². The number of hydrogen-bond acceptors (Lipinski definition) is 7. The van der Waals surface area contributed by atoms with Gasteiger partial charge in [-0.3, -0.25) is 0 Å². The fraction of sp³-hybridized carbons (Fsp3) is 0.208. The summed E-state index contributed by atoms with van der Waals surface area (Å²) < 4.78 is 7.55. The Labute approximate surface area is 189 Å². The molecule has 0 radical (unpaired) electrons. The highest BCUT2D eigenvalue weighted by molar-refractivity contribution is 5.84. The molecule has 9 heteroatoms. The van der Waals surface area contributed by atoms with E-state index < -0.39 is 0 Å². The molecule has 0 amide bonds. The number of aromatic amines is 1. The molecule has 33 heavy (non-hydrogen) atoms. The van der Waals surface area contributed by atoms with Crippen LogP contribution in [0.15, 0.2) is 67.5 Å². The lowest BCUT2D eigenvalue weighted by molar-refractivity contribution is 0.00355. The molecule has 1 aromatic carbocycles. The van der Waals surface area contributed by atoms with Gasteiger partial charge in [0.25, 0.3) is 0 Å². The Morgan fingerprint density at radius 3 is 2.97 bits per heavy atom. The van der Waals surface area contributed by atoms with Crippen molar-refractivity contribution in [3.05, 3.63) is 67.5 Å². The summed E-state index contributed by atoms with van der Waals surface area (Å²) in [5.41, 5.74) is 6.78. The summed E-state index contributed by atoms with van der Waals surface area (Å²) in [5.74, 6) is 0.733. The summed E-state index contributed by atoms with van der Waals surface area (Å²) in [6.45, 7) is 2.05. The lowest BCUT2D eigenvalue weighted by atomic mass is 10.1. The SMILES string of the molecule is OC[C@@H]1CN(c2ccc(Nc3cc(-c4ccc5nc[nH]c5c4)cn4ccnc34)nc2)CCO1. The summed E-state index contributed by atoms with van der Waals surface area (Å²) in [6, 6.07) is 12.3. The number of nitrogens with one attached hydrogen (secondary N) is 2. The van der Waals surface area contributed by atoms with E-state index in [0.717, 1.165) is 51.5 Å². The van der Waals surface area contributed by atoms with Gasteiger partial charge in [-0.25, -0.2) is 15.0 Å². The van der Waals surface area contributed by atoms with E-state index in [1.165, 1.54) is 0 Å². The van der Waals surface area contributed by atoms with E-state index in [4.69, 9.17) is 4.74 Å². The maximum Gasteiger partial charge on any atom is 0.160 e. The van der Waals surface area contributed by atoms with Crippen molar-refractivity contribution < 1.29 is 9.84 Å². The number of fused-ring (bicyclic) bond motifs is 2. The number of imidazole rings is 2. The molecule has 0 saturated carbocycles. The Kier molecular flexibility index (Phi) is 4.89. The van der Waals surface area contributed by atoms with Crippen molar-refractivity contribution in [2.24, 2.45) is 0 Å². The van der Waals surface area contributed by atoms with Crippen LogP contribution < -0.4 is 10.2 Å². The topological polar surface area (TPSA) is 104 Å². The van der Waals surface area contributed by atoms with Gasteiger partial charge >= 0.3 is 0 Å². The van der Waals surface area contributed by atoms with Crippen LogP contribution in [0.2, 0.25) is 0 Å². The fourth-order valence-corrected chi connectivity index (χ4v) is 4.25. The number of hydrogen-bond donors (Lipinski definition) is 3. The first kappa shape index (κ1) is 19.7. The predicted octanol–water partition coefficient (Wildman–Crippen LogP) is 3.21. The number of H-pyrrole nitrogens is 1. The highest BCUT2D eigenvalue weighted by atomic mass is 16.5. The zero-order valence-corrected chi connectivity index (χ0v) is 17.8. The maximum atomic E-state index is 9.39. The van der Waals surface area contributed by atoms with Gasteiger partial charge < -0.3 is 29.4 Å². The van der Waals surface area contributed by atoms with Gasteiger partial charge in [-0.2, -0.15) is 0 Å². The number of benzene rings is 1. The molecule has 0 spiro atoms. The molecular weight excluding hydrogens is 418 g/mol. The van der Waals surface area contributed by atoms with Crippen molar-refractivity contribution in [1.29, 1.82) is 0 Å². The van der Waals surface area contributed by atoms with Gasteiger partial charge in [0, 0.05) is 37.2 Å². The molecule has 3 N–H and O–H groups in total. The molecule has 4 aromatic heterocycles. The molecule has 0 aliphatic carbocycles. The molecule has 6 rings (SSSR count). The summed E-state index contributed by atoms with van der Waals surface area (Å²) in [7, 11) is 0. The van der Waals surface area contributed by atoms with Gasteiger partial charge in [0.2, 0.25) is 0 Å². The Morgan fingerprint density at radius 1 is 1.12 bits per heavy atom. The van der Waals surface area contributed by atoms with Crippen molar-refractivity contribution in [1.82, 2.24) is 24.3 Å². The predicted molar refractivity (Wildman–Crippen MR) is 127 cm³/mol. The van der Waals surface area contributed by atoms with Crippen LogP contribution in [-0.2, 0) is 4.74 Å². The molecule has 9 nitrogen and oxygen atoms in total. The average Bonchev–Trinajstić information content (AvgIpc) is 3.53. The van der Waals surface area contributed by atoms with E-state index in [0.29, 0.717) is 13.2 Å². The first-order valence-electron chi connectivity index (χ1n) is 10.9. The van der Waals surface area contributed by atoms with Gasteiger partial charge in [-0.15, -0.1) is 0 Å². The second kappa shape index (κ2) is 8.19. The molecule has 1 fully saturated rings. The molecule has 166 valence electrons. The number of aliphatic hydroxyl groups is 1. The molecule has 1 aliphatic rings. The fourth-order valence-electron chi connectivity index (χ4n) is 4.25. The van der Waals surface area contributed by atoms with Crippen molar-refractivity contribution in [2.45, 2.75) is 6.10 Å². The van der Waals surface area contributed by atoms with E-state index in [1.807, 2.05) is 35.0 Å². The zero-order valence-electron chi connectivity index (χ0n) is 17.8. The van der Waals surface area contributed by atoms with Crippen LogP contribution in [-0.4, -0.2) is 61.9 Å². The number of morpholine rings is 1.